The average Bonchev–Trinajstić information content (AvgIpc) is 2.23. The average molecular weight is 192 g/mol. The molecule has 1 aliphatic carbocycles. The topological polar surface area (TPSA) is 24.9 Å². The van der Waals surface area contributed by atoms with Gasteiger partial charge < -0.3 is 5.32 Å². The summed E-state index contributed by atoms with van der Waals surface area (Å²) in [6, 6.07) is 3.35. The van der Waals surface area contributed by atoms with E-state index < -0.39 is 0 Å². The van der Waals surface area contributed by atoms with E-state index in [1.807, 2.05) is 0 Å². The Morgan fingerprint density at radius 3 is 3.07 bits per heavy atom. The highest BCUT2D eigenvalue weighted by molar-refractivity contribution is 5.37. The zero-order valence-electron chi connectivity index (χ0n) is 7.91. The van der Waals surface area contributed by atoms with Crippen LogP contribution in [0, 0.1) is 5.82 Å². The minimum absolute atomic E-state index is 0.276. The van der Waals surface area contributed by atoms with Gasteiger partial charge in [0.15, 0.2) is 11.6 Å². The molecule has 1 atom stereocenters. The van der Waals surface area contributed by atoms with Gasteiger partial charge in [-0.2, -0.15) is 0 Å². The van der Waals surface area contributed by atoms with Crippen LogP contribution in [0.25, 0.3) is 0 Å². The summed E-state index contributed by atoms with van der Waals surface area (Å²) in [5.74, 6) is 0.0925. The van der Waals surface area contributed by atoms with E-state index in [0.29, 0.717) is 11.9 Å². The van der Waals surface area contributed by atoms with Crippen molar-refractivity contribution in [3.8, 4) is 0 Å². The third kappa shape index (κ3) is 2.10. The van der Waals surface area contributed by atoms with E-state index >= 15 is 0 Å². The molecule has 1 aromatic rings. The number of nitrogens with one attached hydrogen (secondary N) is 1. The van der Waals surface area contributed by atoms with Gasteiger partial charge in [0.1, 0.15) is 0 Å². The molecule has 2 rings (SSSR count). The third-order valence-electron chi connectivity index (χ3n) is 2.37. The zero-order valence-corrected chi connectivity index (χ0v) is 7.91. The second kappa shape index (κ2) is 4.22. The monoisotopic (exact) mass is 192 g/mol. The van der Waals surface area contributed by atoms with Crippen LogP contribution in [0.5, 0.6) is 0 Å². The Morgan fingerprint density at radius 1 is 1.43 bits per heavy atom. The van der Waals surface area contributed by atoms with Crippen molar-refractivity contribution in [2.75, 3.05) is 5.32 Å². The van der Waals surface area contributed by atoms with Crippen molar-refractivity contribution < 1.29 is 4.39 Å². The van der Waals surface area contributed by atoms with E-state index in [1.54, 1.807) is 12.3 Å². The smallest absolute Gasteiger partial charge is 0.165 e. The van der Waals surface area contributed by atoms with Gasteiger partial charge in [-0.15, -0.1) is 0 Å². The highest BCUT2D eigenvalue weighted by atomic mass is 19.1. The predicted molar refractivity (Wildman–Crippen MR) is 54.6 cm³/mol. The number of hydrogen-bond donors (Lipinski definition) is 1. The Bertz CT molecular complexity index is 336. The van der Waals surface area contributed by atoms with Crippen molar-refractivity contribution in [3.05, 3.63) is 36.3 Å². The first kappa shape index (κ1) is 9.19. The predicted octanol–water partition coefficient (Wildman–Crippen LogP) is 2.74. The molecule has 1 aromatic heterocycles. The summed E-state index contributed by atoms with van der Waals surface area (Å²) < 4.78 is 13.2. The second-order valence-corrected chi connectivity index (χ2v) is 3.46. The van der Waals surface area contributed by atoms with Crippen LogP contribution >= 0.6 is 0 Å². The maximum Gasteiger partial charge on any atom is 0.165 e. The van der Waals surface area contributed by atoms with Crippen molar-refractivity contribution in [3.63, 3.8) is 0 Å². The van der Waals surface area contributed by atoms with E-state index in [-0.39, 0.29) is 5.82 Å². The third-order valence-corrected chi connectivity index (χ3v) is 2.37. The summed E-state index contributed by atoms with van der Waals surface area (Å²) >= 11 is 0. The summed E-state index contributed by atoms with van der Waals surface area (Å²) in [7, 11) is 0. The summed E-state index contributed by atoms with van der Waals surface area (Å²) in [6.45, 7) is 0. The largest absolute Gasteiger partial charge is 0.365 e. The molecule has 1 aliphatic rings. The van der Waals surface area contributed by atoms with Gasteiger partial charge >= 0.3 is 0 Å². The zero-order chi connectivity index (χ0) is 9.80. The van der Waals surface area contributed by atoms with Crippen LogP contribution in [0.2, 0.25) is 0 Å². The Labute approximate surface area is 82.9 Å². The summed E-state index contributed by atoms with van der Waals surface area (Å²) in [5.41, 5.74) is 0. The van der Waals surface area contributed by atoms with Gasteiger partial charge in [0.2, 0.25) is 0 Å². The molecule has 0 saturated carbocycles. The van der Waals surface area contributed by atoms with E-state index in [9.17, 15) is 4.39 Å². The van der Waals surface area contributed by atoms with Gasteiger partial charge in [0.05, 0.1) is 0 Å². The van der Waals surface area contributed by atoms with Crippen LogP contribution < -0.4 is 5.32 Å². The Balaban J connectivity index is 2.03. The lowest BCUT2D eigenvalue weighted by Crippen LogP contribution is -2.21. The lowest BCUT2D eigenvalue weighted by atomic mass is 10.0. The minimum Gasteiger partial charge on any atom is -0.365 e. The molecular weight excluding hydrogens is 179 g/mol. The van der Waals surface area contributed by atoms with Crippen LogP contribution in [0.1, 0.15) is 19.3 Å². The van der Waals surface area contributed by atoms with Gasteiger partial charge in [-0.3, -0.25) is 0 Å². The van der Waals surface area contributed by atoms with Crippen LogP contribution in [0.15, 0.2) is 30.5 Å². The van der Waals surface area contributed by atoms with Crippen molar-refractivity contribution in [1.29, 1.82) is 0 Å². The molecule has 3 heteroatoms. The van der Waals surface area contributed by atoms with Crippen LogP contribution in [0.3, 0.4) is 0 Å². The fourth-order valence-electron chi connectivity index (χ4n) is 1.61. The molecule has 2 nitrogen and oxygen atoms in total. The first-order valence-electron chi connectivity index (χ1n) is 4.88. The fraction of sp³-hybridized carbons (Fsp3) is 0.364. The van der Waals surface area contributed by atoms with Crippen LogP contribution in [-0.4, -0.2) is 11.0 Å². The number of rotatable bonds is 2. The molecule has 0 bridgehead atoms. The first-order chi connectivity index (χ1) is 6.86. The van der Waals surface area contributed by atoms with Gasteiger partial charge in [-0.25, -0.2) is 9.37 Å². The van der Waals surface area contributed by atoms with Crippen molar-refractivity contribution >= 4 is 5.82 Å². The van der Waals surface area contributed by atoms with Crippen molar-refractivity contribution in [2.24, 2.45) is 0 Å². The maximum absolute atomic E-state index is 13.2. The fourth-order valence-corrected chi connectivity index (χ4v) is 1.61. The highest BCUT2D eigenvalue weighted by Crippen LogP contribution is 2.17. The Hall–Kier alpha value is -1.38. The quantitative estimate of drug-likeness (QED) is 0.729. The second-order valence-electron chi connectivity index (χ2n) is 3.46. The van der Waals surface area contributed by atoms with Crippen molar-refractivity contribution in [2.45, 2.75) is 25.3 Å². The molecule has 0 fully saturated rings. The standard InChI is InChI=1S/C11H13FN2/c12-10-7-4-8-13-11(10)14-9-5-2-1-3-6-9/h1-2,4,7-9H,3,5-6H2,(H,13,14). The Kier molecular flexibility index (Phi) is 2.77. The van der Waals surface area contributed by atoms with Gasteiger partial charge in [0.25, 0.3) is 0 Å². The highest BCUT2D eigenvalue weighted by Gasteiger charge is 2.11. The molecule has 0 saturated heterocycles. The molecule has 1 unspecified atom stereocenters. The maximum atomic E-state index is 13.2. The first-order valence-corrected chi connectivity index (χ1v) is 4.88. The lowest BCUT2D eigenvalue weighted by Gasteiger charge is -2.19. The molecule has 0 amide bonds. The van der Waals surface area contributed by atoms with Crippen LogP contribution in [0.4, 0.5) is 10.2 Å². The molecule has 0 radical (unpaired) electrons. The molecule has 0 aliphatic heterocycles. The molecule has 0 spiro atoms. The number of aromatic nitrogens is 1. The number of anilines is 1. The van der Waals surface area contributed by atoms with E-state index in [1.165, 1.54) is 6.07 Å². The molecule has 74 valence electrons. The number of allylic oxidation sites excluding steroid dienone is 1. The number of halogens is 1. The lowest BCUT2D eigenvalue weighted by molar-refractivity contribution is 0.602. The molecular formula is C11H13FN2. The van der Waals surface area contributed by atoms with E-state index in [4.69, 9.17) is 0 Å². The van der Waals surface area contributed by atoms with Crippen LogP contribution in [-0.2, 0) is 0 Å². The normalized spacial score (nSPS) is 20.8. The summed E-state index contributed by atoms with van der Waals surface area (Å²) in [6.07, 6.45) is 8.95. The van der Waals surface area contributed by atoms with Gasteiger partial charge in [-0.1, -0.05) is 12.2 Å². The van der Waals surface area contributed by atoms with Gasteiger partial charge in [0, 0.05) is 12.2 Å². The molecule has 1 N–H and O–H groups in total. The molecule has 1 heterocycles. The summed E-state index contributed by atoms with van der Waals surface area (Å²) in [4.78, 5) is 3.96. The Morgan fingerprint density at radius 2 is 2.36 bits per heavy atom. The van der Waals surface area contributed by atoms with E-state index in [2.05, 4.69) is 22.5 Å². The number of nitrogens with zero attached hydrogens (tertiary/aromatic N) is 1. The SMILES string of the molecule is Fc1cccnc1NC1CC=CCC1. The van der Waals surface area contributed by atoms with Gasteiger partial charge in [-0.05, 0) is 31.4 Å². The van der Waals surface area contributed by atoms with E-state index in [0.717, 1.165) is 19.3 Å². The van der Waals surface area contributed by atoms with Crippen molar-refractivity contribution in [1.82, 2.24) is 4.98 Å². The number of pyridine rings is 1. The number of hydrogen-bond acceptors (Lipinski definition) is 2. The minimum atomic E-state index is -0.276. The summed E-state index contributed by atoms with van der Waals surface area (Å²) in [5, 5.41) is 3.11. The molecule has 14 heavy (non-hydrogen) atoms. The molecule has 0 aromatic carbocycles.